The minimum atomic E-state index is -0.236. The summed E-state index contributed by atoms with van der Waals surface area (Å²) in [6.45, 7) is 8.19. The lowest BCUT2D eigenvalue weighted by Gasteiger charge is -2.17. The number of hydrogen-bond donors (Lipinski definition) is 2. The molecule has 0 aliphatic heterocycles. The number of methoxy groups -OCH3 is 2. The molecule has 2 N–H and O–H groups in total. The maximum absolute atomic E-state index is 11.7. The number of hydrogen-bond acceptors (Lipinski definition) is 6. The Morgan fingerprint density at radius 2 is 1.77 bits per heavy atom. The molecule has 0 saturated carbocycles. The lowest BCUT2D eigenvalue weighted by molar-refractivity contribution is -0.121. The number of ether oxygens (including phenoxy) is 3. The summed E-state index contributed by atoms with van der Waals surface area (Å²) in [6.07, 6.45) is 7.37. The Balaban J connectivity index is 2.68. The van der Waals surface area contributed by atoms with Gasteiger partial charge in [0.05, 0.1) is 20.3 Å². The molecule has 6 nitrogen and oxygen atoms in total. The molecule has 0 heterocycles. The van der Waals surface area contributed by atoms with Crippen LogP contribution in [0.25, 0.3) is 0 Å². The van der Waals surface area contributed by atoms with Crippen LogP contribution in [0.15, 0.2) is 29.4 Å². The van der Waals surface area contributed by atoms with Crippen molar-refractivity contribution >= 4 is 5.78 Å². The summed E-state index contributed by atoms with van der Waals surface area (Å²) in [5, 5.41) is 20.1. The minimum Gasteiger partial charge on any atom is -0.504 e. The average Bonchev–Trinajstić information content (AvgIpc) is 2.74. The predicted octanol–water partition coefficient (Wildman–Crippen LogP) is 5.10. The molecular formula is C25H38O6. The lowest BCUT2D eigenvalue weighted by Crippen LogP contribution is -2.06. The summed E-state index contributed by atoms with van der Waals surface area (Å²) >= 11 is 0. The number of aromatic hydroxyl groups is 1. The van der Waals surface area contributed by atoms with E-state index in [0.717, 1.165) is 19.3 Å². The first-order chi connectivity index (χ1) is 14.7. The molecule has 0 bridgehead atoms. The number of carbonyl (C=O) groups is 1. The van der Waals surface area contributed by atoms with Crippen molar-refractivity contribution in [1.29, 1.82) is 0 Å². The van der Waals surface area contributed by atoms with Crippen LogP contribution in [0.2, 0.25) is 0 Å². The fourth-order valence-electron chi connectivity index (χ4n) is 3.08. The van der Waals surface area contributed by atoms with Crippen molar-refractivity contribution in [3.8, 4) is 17.2 Å². The quantitative estimate of drug-likeness (QED) is 0.397. The van der Waals surface area contributed by atoms with Crippen LogP contribution in [0.4, 0.5) is 0 Å². The molecule has 0 radical (unpaired) electrons. The predicted molar refractivity (Wildman–Crippen MR) is 123 cm³/mol. The molecular weight excluding hydrogens is 396 g/mol. The smallest absolute Gasteiger partial charge is 0.204 e. The van der Waals surface area contributed by atoms with Crippen LogP contribution in [0, 0.1) is 5.92 Å². The first-order valence-electron chi connectivity index (χ1n) is 10.7. The van der Waals surface area contributed by atoms with Crippen molar-refractivity contribution in [2.45, 2.75) is 66.6 Å². The second-order valence-corrected chi connectivity index (χ2v) is 8.06. The number of aliphatic hydroxyl groups is 1. The second-order valence-electron chi connectivity index (χ2n) is 8.06. The third-order valence-electron chi connectivity index (χ3n) is 5.20. The number of phenolic OH excluding ortho intramolecular Hbond substituents is 1. The highest BCUT2D eigenvalue weighted by molar-refractivity contribution is 5.80. The maximum Gasteiger partial charge on any atom is 0.204 e. The van der Waals surface area contributed by atoms with Crippen molar-refractivity contribution in [3.05, 3.63) is 40.5 Å². The van der Waals surface area contributed by atoms with Crippen molar-refractivity contribution in [1.82, 2.24) is 0 Å². The number of phenols is 1. The minimum absolute atomic E-state index is 0.0780. The fraction of sp³-hybridized carbons (Fsp3) is 0.560. The molecule has 0 aromatic heterocycles. The van der Waals surface area contributed by atoms with Crippen LogP contribution >= 0.6 is 0 Å². The zero-order chi connectivity index (χ0) is 23.4. The van der Waals surface area contributed by atoms with Gasteiger partial charge in [0.2, 0.25) is 5.75 Å². The summed E-state index contributed by atoms with van der Waals surface area (Å²) in [6, 6.07) is 1.65. The Labute approximate surface area is 186 Å². The van der Waals surface area contributed by atoms with Gasteiger partial charge in [-0.2, -0.15) is 0 Å². The third-order valence-corrected chi connectivity index (χ3v) is 5.20. The molecule has 0 spiro atoms. The standard InChI is InChI=1S/C25H38O6/c1-17(2)22(27)11-10-18(3)8-7-9-19(4)12-13-31-25-23(30-6)14-20(15-26)21(16-29-5)24(25)28/h8,12,14,17,26,28H,7,9-11,13,15-16H2,1-6H3/b18-8+,19-12+. The molecule has 0 unspecified atom stereocenters. The highest BCUT2D eigenvalue weighted by Gasteiger charge is 2.19. The van der Waals surface area contributed by atoms with Crippen LogP contribution in [-0.4, -0.2) is 36.8 Å². The van der Waals surface area contributed by atoms with Crippen molar-refractivity contribution in [3.63, 3.8) is 0 Å². The first kappa shape index (κ1) is 26.7. The molecule has 1 rings (SSSR count). The van der Waals surface area contributed by atoms with Crippen molar-refractivity contribution in [2.75, 3.05) is 20.8 Å². The van der Waals surface area contributed by atoms with Crippen molar-refractivity contribution in [2.24, 2.45) is 5.92 Å². The Bertz CT molecular complexity index is 777. The number of benzene rings is 1. The van der Waals surface area contributed by atoms with Gasteiger partial charge in [-0.1, -0.05) is 31.1 Å². The highest BCUT2D eigenvalue weighted by Crippen LogP contribution is 2.41. The molecule has 1 aromatic carbocycles. The van der Waals surface area contributed by atoms with Gasteiger partial charge in [0, 0.05) is 25.0 Å². The Morgan fingerprint density at radius 3 is 2.35 bits per heavy atom. The highest BCUT2D eigenvalue weighted by atomic mass is 16.5. The number of rotatable bonds is 14. The van der Waals surface area contributed by atoms with Gasteiger partial charge in [-0.25, -0.2) is 0 Å². The Hall–Kier alpha value is -2.31. The van der Waals surface area contributed by atoms with E-state index < -0.39 is 0 Å². The van der Waals surface area contributed by atoms with E-state index in [1.165, 1.54) is 25.4 Å². The van der Waals surface area contributed by atoms with Crippen LogP contribution in [0.1, 0.15) is 64.5 Å². The molecule has 174 valence electrons. The number of ketones is 1. The van der Waals surface area contributed by atoms with E-state index >= 15 is 0 Å². The SMILES string of the molecule is COCc1c(CO)cc(OC)c(OC/C=C(\C)CC/C=C(\C)CCC(=O)C(C)C)c1O. The topological polar surface area (TPSA) is 85.2 Å². The molecule has 31 heavy (non-hydrogen) atoms. The molecule has 0 atom stereocenters. The zero-order valence-electron chi connectivity index (χ0n) is 19.8. The second kappa shape index (κ2) is 13.9. The summed E-state index contributed by atoms with van der Waals surface area (Å²) < 4.78 is 16.2. The van der Waals surface area contributed by atoms with Crippen LogP contribution in [-0.2, 0) is 22.7 Å². The molecule has 1 aromatic rings. The molecule has 0 aliphatic rings. The summed E-state index contributed by atoms with van der Waals surface area (Å²) in [4.78, 5) is 11.7. The average molecular weight is 435 g/mol. The van der Waals surface area contributed by atoms with E-state index in [1.807, 2.05) is 26.8 Å². The van der Waals surface area contributed by atoms with Gasteiger partial charge in [-0.05, 0) is 50.8 Å². The monoisotopic (exact) mass is 434 g/mol. The molecule has 0 aliphatic carbocycles. The summed E-state index contributed by atoms with van der Waals surface area (Å²) in [5.41, 5.74) is 3.43. The number of carbonyl (C=O) groups excluding carboxylic acids is 1. The molecule has 0 fully saturated rings. The van der Waals surface area contributed by atoms with E-state index in [9.17, 15) is 15.0 Å². The van der Waals surface area contributed by atoms with Gasteiger partial charge in [0.25, 0.3) is 0 Å². The Kier molecular flexibility index (Phi) is 12.0. The van der Waals surface area contributed by atoms with E-state index in [4.69, 9.17) is 14.2 Å². The van der Waals surface area contributed by atoms with E-state index in [-0.39, 0.29) is 37.2 Å². The van der Waals surface area contributed by atoms with Gasteiger partial charge < -0.3 is 24.4 Å². The van der Waals surface area contributed by atoms with Gasteiger partial charge in [-0.3, -0.25) is 4.79 Å². The van der Waals surface area contributed by atoms with Gasteiger partial charge in [0.1, 0.15) is 12.4 Å². The fourth-order valence-corrected chi connectivity index (χ4v) is 3.08. The van der Waals surface area contributed by atoms with Gasteiger partial charge in [0.15, 0.2) is 11.5 Å². The molecule has 0 amide bonds. The van der Waals surface area contributed by atoms with E-state index in [0.29, 0.717) is 29.1 Å². The largest absolute Gasteiger partial charge is 0.504 e. The van der Waals surface area contributed by atoms with Gasteiger partial charge in [-0.15, -0.1) is 0 Å². The maximum atomic E-state index is 11.7. The third kappa shape index (κ3) is 8.75. The number of allylic oxidation sites excluding steroid dienone is 3. The van der Waals surface area contributed by atoms with E-state index in [1.54, 1.807) is 6.07 Å². The molecule has 6 heteroatoms. The van der Waals surface area contributed by atoms with Crippen LogP contribution in [0.3, 0.4) is 0 Å². The molecule has 0 saturated heterocycles. The first-order valence-corrected chi connectivity index (χ1v) is 10.7. The van der Waals surface area contributed by atoms with Crippen LogP contribution < -0.4 is 9.47 Å². The summed E-state index contributed by atoms with van der Waals surface area (Å²) in [5.74, 6) is 0.927. The normalized spacial score (nSPS) is 12.4. The van der Waals surface area contributed by atoms with E-state index in [2.05, 4.69) is 13.0 Å². The van der Waals surface area contributed by atoms with Crippen molar-refractivity contribution < 1.29 is 29.2 Å². The lowest BCUT2D eigenvalue weighted by atomic mass is 10.0. The van der Waals surface area contributed by atoms with Crippen LogP contribution in [0.5, 0.6) is 17.2 Å². The number of Topliss-reactive ketones (excluding diaryl/α,β-unsaturated/α-hetero) is 1. The Morgan fingerprint density at radius 1 is 1.10 bits per heavy atom. The zero-order valence-corrected chi connectivity index (χ0v) is 19.8. The number of aliphatic hydroxyl groups excluding tert-OH is 1. The van der Waals surface area contributed by atoms with Gasteiger partial charge >= 0.3 is 0 Å². The summed E-state index contributed by atoms with van der Waals surface area (Å²) in [7, 11) is 3.01.